The number of nitrogens with one attached hydrogen (secondary N) is 1. The Labute approximate surface area is 139 Å². The van der Waals surface area contributed by atoms with Gasteiger partial charge in [-0.3, -0.25) is 4.79 Å². The second kappa shape index (κ2) is 5.74. The summed E-state index contributed by atoms with van der Waals surface area (Å²) in [4.78, 5) is 26.5. The predicted molar refractivity (Wildman–Crippen MR) is 87.5 cm³/mol. The molecule has 3 heterocycles. The number of imidazole rings is 1. The van der Waals surface area contributed by atoms with Crippen LogP contribution in [0.1, 0.15) is 60.7 Å². The van der Waals surface area contributed by atoms with Crippen LogP contribution in [-0.2, 0) is 0 Å². The summed E-state index contributed by atoms with van der Waals surface area (Å²) < 4.78 is 5.31. The number of hydrogen-bond acceptors (Lipinski definition) is 5. The highest BCUT2D eigenvalue weighted by atomic mass is 16.5. The van der Waals surface area contributed by atoms with Gasteiger partial charge >= 0.3 is 0 Å². The second-order valence-corrected chi connectivity index (χ2v) is 6.44. The number of aromatic nitrogens is 4. The van der Waals surface area contributed by atoms with Crippen molar-refractivity contribution in [2.24, 2.45) is 0 Å². The molecule has 24 heavy (non-hydrogen) atoms. The van der Waals surface area contributed by atoms with Gasteiger partial charge in [0.1, 0.15) is 0 Å². The van der Waals surface area contributed by atoms with Crippen LogP contribution in [0.2, 0.25) is 0 Å². The quantitative estimate of drug-likeness (QED) is 0.799. The fourth-order valence-electron chi connectivity index (χ4n) is 3.13. The molecule has 1 aromatic carbocycles. The Morgan fingerprint density at radius 2 is 2.29 bits per heavy atom. The fraction of sp³-hybridized carbons (Fsp3) is 0.412. The van der Waals surface area contributed by atoms with Gasteiger partial charge in [-0.1, -0.05) is 19.0 Å². The van der Waals surface area contributed by atoms with Gasteiger partial charge in [0.2, 0.25) is 5.89 Å². The first kappa shape index (κ1) is 14.9. The van der Waals surface area contributed by atoms with E-state index in [1.807, 2.05) is 36.9 Å². The molecule has 1 N–H and O–H groups in total. The molecular weight excluding hydrogens is 306 g/mol. The first-order valence-electron chi connectivity index (χ1n) is 8.21. The van der Waals surface area contributed by atoms with Crippen LogP contribution in [0.15, 0.2) is 29.0 Å². The average molecular weight is 325 g/mol. The molecule has 3 aromatic rings. The highest BCUT2D eigenvalue weighted by Gasteiger charge is 2.34. The zero-order valence-corrected chi connectivity index (χ0v) is 13.7. The molecule has 1 atom stereocenters. The van der Waals surface area contributed by atoms with Crippen LogP contribution in [-0.4, -0.2) is 37.5 Å². The molecule has 0 bridgehead atoms. The van der Waals surface area contributed by atoms with E-state index in [0.29, 0.717) is 23.8 Å². The van der Waals surface area contributed by atoms with Gasteiger partial charge in [-0.15, -0.1) is 0 Å². The maximum absolute atomic E-state index is 12.9. The molecular formula is C17H19N5O2. The van der Waals surface area contributed by atoms with Crippen molar-refractivity contribution < 1.29 is 9.32 Å². The zero-order valence-electron chi connectivity index (χ0n) is 13.7. The van der Waals surface area contributed by atoms with Crippen LogP contribution < -0.4 is 0 Å². The summed E-state index contributed by atoms with van der Waals surface area (Å²) in [7, 11) is 0. The van der Waals surface area contributed by atoms with Crippen LogP contribution in [0.5, 0.6) is 0 Å². The average Bonchev–Trinajstić information content (AvgIpc) is 3.31. The van der Waals surface area contributed by atoms with Crippen LogP contribution in [0.3, 0.4) is 0 Å². The van der Waals surface area contributed by atoms with Crippen molar-refractivity contribution in [3.63, 3.8) is 0 Å². The monoisotopic (exact) mass is 325 g/mol. The molecule has 1 unspecified atom stereocenters. The Balaban J connectivity index is 1.62. The van der Waals surface area contributed by atoms with E-state index in [9.17, 15) is 4.79 Å². The summed E-state index contributed by atoms with van der Waals surface area (Å²) >= 11 is 0. The maximum atomic E-state index is 12.9. The number of carbonyl (C=O) groups is 1. The SMILES string of the molecule is CC(C)c1nc(C2CCCN2C(=O)c2ccc3nc[nH]c3c2)no1. The van der Waals surface area contributed by atoms with E-state index in [1.165, 1.54) is 0 Å². The Hall–Kier alpha value is -2.70. The molecule has 0 aliphatic carbocycles. The molecule has 1 aliphatic heterocycles. The van der Waals surface area contributed by atoms with Gasteiger partial charge in [-0.25, -0.2) is 4.98 Å². The highest BCUT2D eigenvalue weighted by Crippen LogP contribution is 2.32. The van der Waals surface area contributed by atoms with Gasteiger partial charge in [0.15, 0.2) is 5.82 Å². The first-order valence-corrected chi connectivity index (χ1v) is 8.21. The third-order valence-electron chi connectivity index (χ3n) is 4.43. The maximum Gasteiger partial charge on any atom is 0.254 e. The Morgan fingerprint density at radius 1 is 1.42 bits per heavy atom. The Morgan fingerprint density at radius 3 is 3.08 bits per heavy atom. The van der Waals surface area contributed by atoms with Crippen molar-refractivity contribution in [1.82, 2.24) is 25.0 Å². The number of nitrogens with zero attached hydrogens (tertiary/aromatic N) is 4. The largest absolute Gasteiger partial charge is 0.345 e. The lowest BCUT2D eigenvalue weighted by Crippen LogP contribution is -2.31. The van der Waals surface area contributed by atoms with Gasteiger partial charge in [0.25, 0.3) is 5.91 Å². The number of hydrogen-bond donors (Lipinski definition) is 1. The number of fused-ring (bicyclic) bond motifs is 1. The fourth-order valence-corrected chi connectivity index (χ4v) is 3.13. The van der Waals surface area contributed by atoms with E-state index in [2.05, 4.69) is 20.1 Å². The minimum Gasteiger partial charge on any atom is -0.345 e. The second-order valence-electron chi connectivity index (χ2n) is 6.44. The smallest absolute Gasteiger partial charge is 0.254 e. The summed E-state index contributed by atoms with van der Waals surface area (Å²) in [6.45, 7) is 4.72. The van der Waals surface area contributed by atoms with Crippen molar-refractivity contribution in [2.45, 2.75) is 38.6 Å². The van der Waals surface area contributed by atoms with E-state index in [0.717, 1.165) is 23.9 Å². The molecule has 1 saturated heterocycles. The molecule has 0 spiro atoms. The zero-order chi connectivity index (χ0) is 16.7. The minimum absolute atomic E-state index is 0.00935. The molecule has 7 heteroatoms. The van der Waals surface area contributed by atoms with Crippen LogP contribution in [0.4, 0.5) is 0 Å². The molecule has 124 valence electrons. The Kier molecular flexibility index (Phi) is 3.55. The predicted octanol–water partition coefficient (Wildman–Crippen LogP) is 3.05. The third kappa shape index (κ3) is 2.46. The van der Waals surface area contributed by atoms with Gasteiger partial charge in [0.05, 0.1) is 23.4 Å². The first-order chi connectivity index (χ1) is 11.6. The number of benzene rings is 1. The van der Waals surface area contributed by atoms with Gasteiger partial charge < -0.3 is 14.4 Å². The standard InChI is InChI=1S/C17H19N5O2/c1-10(2)16-20-15(21-24-16)14-4-3-7-22(14)17(23)11-5-6-12-13(8-11)19-9-18-12/h5-6,8-10,14H,3-4,7H2,1-2H3,(H,18,19). The number of amides is 1. The van der Waals surface area contributed by atoms with Crippen molar-refractivity contribution in [1.29, 1.82) is 0 Å². The molecule has 4 rings (SSSR count). The number of rotatable bonds is 3. The van der Waals surface area contributed by atoms with Gasteiger partial charge in [-0.05, 0) is 31.0 Å². The molecule has 0 radical (unpaired) electrons. The van der Waals surface area contributed by atoms with E-state index in [1.54, 1.807) is 6.33 Å². The minimum atomic E-state index is -0.119. The molecule has 0 saturated carbocycles. The van der Waals surface area contributed by atoms with Crippen molar-refractivity contribution in [2.75, 3.05) is 6.54 Å². The highest BCUT2D eigenvalue weighted by molar-refractivity contribution is 5.97. The van der Waals surface area contributed by atoms with Crippen LogP contribution in [0.25, 0.3) is 11.0 Å². The summed E-state index contributed by atoms with van der Waals surface area (Å²) in [5.74, 6) is 1.39. The Bertz CT molecular complexity index is 882. The summed E-state index contributed by atoms with van der Waals surface area (Å²) in [6.07, 6.45) is 3.42. The lowest BCUT2D eigenvalue weighted by atomic mass is 10.1. The normalized spacial score (nSPS) is 18.0. The van der Waals surface area contributed by atoms with Crippen LogP contribution in [0, 0.1) is 0 Å². The number of aromatic amines is 1. The lowest BCUT2D eigenvalue weighted by Gasteiger charge is -2.22. The summed E-state index contributed by atoms with van der Waals surface area (Å²) in [5.41, 5.74) is 2.36. The molecule has 7 nitrogen and oxygen atoms in total. The lowest BCUT2D eigenvalue weighted by molar-refractivity contribution is 0.0728. The number of carbonyl (C=O) groups excluding carboxylic acids is 1. The van der Waals surface area contributed by atoms with Crippen molar-refractivity contribution in [3.05, 3.63) is 41.8 Å². The van der Waals surface area contributed by atoms with Crippen LogP contribution >= 0.6 is 0 Å². The topological polar surface area (TPSA) is 87.9 Å². The van der Waals surface area contributed by atoms with Crippen molar-refractivity contribution in [3.8, 4) is 0 Å². The van der Waals surface area contributed by atoms with E-state index < -0.39 is 0 Å². The van der Waals surface area contributed by atoms with E-state index in [4.69, 9.17) is 4.52 Å². The molecule has 1 fully saturated rings. The van der Waals surface area contributed by atoms with E-state index in [-0.39, 0.29) is 17.9 Å². The molecule has 1 amide bonds. The number of likely N-dealkylation sites (tertiary alicyclic amines) is 1. The molecule has 1 aliphatic rings. The van der Waals surface area contributed by atoms with Gasteiger partial charge in [-0.2, -0.15) is 4.98 Å². The van der Waals surface area contributed by atoms with Gasteiger partial charge in [0, 0.05) is 18.0 Å². The number of H-pyrrole nitrogens is 1. The third-order valence-corrected chi connectivity index (χ3v) is 4.43. The van der Waals surface area contributed by atoms with E-state index >= 15 is 0 Å². The van der Waals surface area contributed by atoms with Crippen molar-refractivity contribution >= 4 is 16.9 Å². The summed E-state index contributed by atoms with van der Waals surface area (Å²) in [5, 5.41) is 4.09. The molecule has 2 aromatic heterocycles. The summed E-state index contributed by atoms with van der Waals surface area (Å²) in [6, 6.07) is 5.40.